The van der Waals surface area contributed by atoms with E-state index in [9.17, 15) is 9.59 Å². The van der Waals surface area contributed by atoms with E-state index in [1.54, 1.807) is 18.4 Å². The first-order valence-corrected chi connectivity index (χ1v) is 8.64. The van der Waals surface area contributed by atoms with Crippen LogP contribution in [0.15, 0.2) is 23.2 Å². The fraction of sp³-hybridized carbons (Fsp3) is 0.471. The number of thiazole rings is 1. The van der Waals surface area contributed by atoms with Crippen LogP contribution in [-0.4, -0.2) is 23.1 Å². The van der Waals surface area contributed by atoms with Crippen LogP contribution < -0.4 is 4.80 Å². The van der Waals surface area contributed by atoms with Crippen molar-refractivity contribution in [3.05, 3.63) is 28.6 Å². The van der Waals surface area contributed by atoms with Crippen molar-refractivity contribution in [2.45, 2.75) is 46.6 Å². The van der Waals surface area contributed by atoms with E-state index in [4.69, 9.17) is 4.74 Å². The first-order valence-electron chi connectivity index (χ1n) is 7.82. The number of benzene rings is 1. The molecule has 1 amide bonds. The molecule has 0 aliphatic carbocycles. The Hall–Kier alpha value is -1.95. The third-order valence-electron chi connectivity index (χ3n) is 3.49. The summed E-state index contributed by atoms with van der Waals surface area (Å²) < 4.78 is 7.81. The average molecular weight is 334 g/mol. The van der Waals surface area contributed by atoms with Crippen LogP contribution in [-0.2, 0) is 20.9 Å². The fourth-order valence-corrected chi connectivity index (χ4v) is 3.30. The van der Waals surface area contributed by atoms with E-state index in [1.165, 1.54) is 16.9 Å². The lowest BCUT2D eigenvalue weighted by Gasteiger charge is -2.07. The van der Waals surface area contributed by atoms with Gasteiger partial charge in [0.15, 0.2) is 4.80 Å². The van der Waals surface area contributed by atoms with Gasteiger partial charge in [0.1, 0.15) is 6.54 Å². The van der Waals surface area contributed by atoms with Crippen LogP contribution >= 0.6 is 11.3 Å². The van der Waals surface area contributed by atoms with Gasteiger partial charge in [-0.1, -0.05) is 38.2 Å². The summed E-state index contributed by atoms with van der Waals surface area (Å²) >= 11 is 1.43. The Balaban J connectivity index is 2.59. The molecule has 1 aromatic heterocycles. The minimum absolute atomic E-state index is 0.0602. The molecule has 0 fully saturated rings. The van der Waals surface area contributed by atoms with Crippen LogP contribution in [0.25, 0.3) is 10.2 Å². The smallest absolute Gasteiger partial charge is 0.326 e. The lowest BCUT2D eigenvalue weighted by atomic mass is 10.0. The molecule has 0 aliphatic heterocycles. The van der Waals surface area contributed by atoms with Gasteiger partial charge in [0.25, 0.3) is 0 Å². The van der Waals surface area contributed by atoms with E-state index in [0.717, 1.165) is 10.2 Å². The number of hydrogen-bond acceptors (Lipinski definition) is 4. The number of nitrogens with zero attached hydrogens (tertiary/aromatic N) is 2. The monoisotopic (exact) mass is 334 g/mol. The third kappa shape index (κ3) is 4.07. The largest absolute Gasteiger partial charge is 0.465 e. The zero-order valence-electron chi connectivity index (χ0n) is 14.0. The molecule has 0 radical (unpaired) electrons. The summed E-state index contributed by atoms with van der Waals surface area (Å²) in [7, 11) is 0. The summed E-state index contributed by atoms with van der Waals surface area (Å²) in [5.74, 6) is -0.110. The molecule has 23 heavy (non-hydrogen) atoms. The second-order valence-corrected chi connectivity index (χ2v) is 6.53. The molecule has 0 saturated carbocycles. The number of fused-ring (bicyclic) bond motifs is 1. The Morgan fingerprint density at radius 3 is 2.65 bits per heavy atom. The maximum Gasteiger partial charge on any atom is 0.326 e. The van der Waals surface area contributed by atoms with Gasteiger partial charge in [-0.25, -0.2) is 0 Å². The number of ether oxygens (including phenoxy) is 1. The summed E-state index contributed by atoms with van der Waals surface area (Å²) in [6, 6.07) is 6.13. The first kappa shape index (κ1) is 17.4. The number of carbonyl (C=O) groups excluding carboxylic acids is 2. The maximum atomic E-state index is 11.9. The van der Waals surface area contributed by atoms with E-state index in [2.05, 4.69) is 24.9 Å². The van der Waals surface area contributed by atoms with Gasteiger partial charge in [0.05, 0.1) is 16.8 Å². The van der Waals surface area contributed by atoms with Gasteiger partial charge in [-0.3, -0.25) is 9.59 Å². The van der Waals surface area contributed by atoms with E-state index in [-0.39, 0.29) is 18.4 Å². The zero-order valence-corrected chi connectivity index (χ0v) is 14.8. The molecule has 0 bridgehead atoms. The second kappa shape index (κ2) is 7.55. The Morgan fingerprint density at radius 2 is 2.04 bits per heavy atom. The number of carbonyl (C=O) groups is 2. The summed E-state index contributed by atoms with van der Waals surface area (Å²) in [4.78, 5) is 28.3. The molecule has 1 heterocycles. The highest BCUT2D eigenvalue weighted by atomic mass is 32.1. The Labute approximate surface area is 139 Å². The van der Waals surface area contributed by atoms with Crippen molar-refractivity contribution in [2.24, 2.45) is 4.99 Å². The number of hydrogen-bond donors (Lipinski definition) is 0. The van der Waals surface area contributed by atoms with E-state index in [0.29, 0.717) is 23.7 Å². The molecule has 0 saturated heterocycles. The molecule has 5 nitrogen and oxygen atoms in total. The van der Waals surface area contributed by atoms with E-state index in [1.807, 2.05) is 12.1 Å². The third-order valence-corrected chi connectivity index (χ3v) is 4.53. The van der Waals surface area contributed by atoms with Gasteiger partial charge in [-0.15, -0.1) is 0 Å². The summed E-state index contributed by atoms with van der Waals surface area (Å²) in [5.41, 5.74) is 2.12. The molecule has 6 heteroatoms. The molecular formula is C17H22N2O3S. The molecule has 2 rings (SSSR count). The van der Waals surface area contributed by atoms with Gasteiger partial charge in [0.2, 0.25) is 5.91 Å². The SMILES string of the molecule is CCOC(=O)Cn1c(=NC(=O)CC)sc2cc(C(C)C)ccc21. The number of esters is 1. The van der Waals surface area contributed by atoms with Crippen LogP contribution in [0.4, 0.5) is 0 Å². The second-order valence-electron chi connectivity index (χ2n) is 5.52. The highest BCUT2D eigenvalue weighted by molar-refractivity contribution is 7.16. The zero-order chi connectivity index (χ0) is 17.0. The molecule has 1 aromatic carbocycles. The van der Waals surface area contributed by atoms with Crippen molar-refractivity contribution in [1.29, 1.82) is 0 Å². The predicted octanol–water partition coefficient (Wildman–Crippen LogP) is 3.23. The molecule has 0 spiro atoms. The normalized spacial score (nSPS) is 12.1. The first-order chi connectivity index (χ1) is 11.0. The highest BCUT2D eigenvalue weighted by Gasteiger charge is 2.13. The summed E-state index contributed by atoms with van der Waals surface area (Å²) in [6.45, 7) is 8.20. The molecule has 124 valence electrons. The standard InChI is InChI=1S/C17H22N2O3S/c1-5-15(20)18-17-19(10-16(21)22-6-2)13-8-7-12(11(3)4)9-14(13)23-17/h7-9,11H,5-6,10H2,1-4H3. The lowest BCUT2D eigenvalue weighted by Crippen LogP contribution is -2.23. The number of aromatic nitrogens is 1. The molecule has 0 aliphatic rings. The minimum Gasteiger partial charge on any atom is -0.465 e. The minimum atomic E-state index is -0.328. The molecule has 2 aromatic rings. The van der Waals surface area contributed by atoms with Crippen molar-refractivity contribution < 1.29 is 14.3 Å². The van der Waals surface area contributed by atoms with Crippen molar-refractivity contribution >= 4 is 33.4 Å². The lowest BCUT2D eigenvalue weighted by molar-refractivity contribution is -0.143. The molecular weight excluding hydrogens is 312 g/mol. The van der Waals surface area contributed by atoms with Gasteiger partial charge in [-0.2, -0.15) is 4.99 Å². The maximum absolute atomic E-state index is 11.9. The average Bonchev–Trinajstić information content (AvgIpc) is 2.84. The predicted molar refractivity (Wildman–Crippen MR) is 91.4 cm³/mol. The summed E-state index contributed by atoms with van der Waals surface area (Å²) in [5, 5.41) is 0. The van der Waals surface area contributed by atoms with Gasteiger partial charge >= 0.3 is 5.97 Å². The fourth-order valence-electron chi connectivity index (χ4n) is 2.21. The number of amides is 1. The molecule has 0 unspecified atom stereocenters. The van der Waals surface area contributed by atoms with Crippen molar-refractivity contribution in [3.63, 3.8) is 0 Å². The number of rotatable bonds is 5. The van der Waals surface area contributed by atoms with Crippen molar-refractivity contribution in [1.82, 2.24) is 4.57 Å². The van der Waals surface area contributed by atoms with Crippen LogP contribution in [0.1, 0.15) is 45.6 Å². The van der Waals surface area contributed by atoms with Crippen molar-refractivity contribution in [2.75, 3.05) is 6.61 Å². The van der Waals surface area contributed by atoms with Crippen molar-refractivity contribution in [3.8, 4) is 0 Å². The van der Waals surface area contributed by atoms with Crippen LogP contribution in [0.2, 0.25) is 0 Å². The quantitative estimate of drug-likeness (QED) is 0.789. The van der Waals surface area contributed by atoms with E-state index >= 15 is 0 Å². The molecule has 0 atom stereocenters. The van der Waals surface area contributed by atoms with Gasteiger partial charge in [-0.05, 0) is 30.5 Å². The summed E-state index contributed by atoms with van der Waals surface area (Å²) in [6.07, 6.45) is 0.338. The van der Waals surface area contributed by atoms with Crippen LogP contribution in [0.3, 0.4) is 0 Å². The topological polar surface area (TPSA) is 60.7 Å². The van der Waals surface area contributed by atoms with Crippen LogP contribution in [0, 0.1) is 0 Å². The Bertz CT molecular complexity index is 787. The van der Waals surface area contributed by atoms with E-state index < -0.39 is 0 Å². The molecule has 0 N–H and O–H groups in total. The van der Waals surface area contributed by atoms with Crippen LogP contribution in [0.5, 0.6) is 0 Å². The highest BCUT2D eigenvalue weighted by Crippen LogP contribution is 2.23. The Morgan fingerprint density at radius 1 is 1.30 bits per heavy atom. The van der Waals surface area contributed by atoms with Gasteiger partial charge in [0, 0.05) is 6.42 Å². The Kier molecular flexibility index (Phi) is 5.71. The van der Waals surface area contributed by atoms with Gasteiger partial charge < -0.3 is 9.30 Å².